The second-order valence-electron chi connectivity index (χ2n) is 6.32. The molecule has 4 rings (SSSR count). The third-order valence-corrected chi connectivity index (χ3v) is 4.61. The fourth-order valence-corrected chi connectivity index (χ4v) is 3.21. The Balaban J connectivity index is 0.00000196. The van der Waals surface area contributed by atoms with Crippen molar-refractivity contribution in [1.29, 1.82) is 0 Å². The van der Waals surface area contributed by atoms with Gasteiger partial charge in [-0.2, -0.15) is 10.2 Å². The summed E-state index contributed by atoms with van der Waals surface area (Å²) in [5, 5.41) is 18.0. The van der Waals surface area contributed by atoms with E-state index in [2.05, 4.69) is 51.6 Å². The van der Waals surface area contributed by atoms with Crippen LogP contribution in [-0.2, 0) is 13.0 Å². The Bertz CT molecular complexity index is 906. The average Bonchev–Trinajstić information content (AvgIpc) is 3.15. The molecule has 1 atom stereocenters. The highest BCUT2D eigenvalue weighted by Gasteiger charge is 2.13. The van der Waals surface area contributed by atoms with Gasteiger partial charge < -0.3 is 5.11 Å². The van der Waals surface area contributed by atoms with Gasteiger partial charge in [0.2, 0.25) is 0 Å². The molecule has 0 saturated carbocycles. The smallest absolute Gasteiger partial charge is 0.0910 e. The minimum atomic E-state index is 0. The van der Waals surface area contributed by atoms with Gasteiger partial charge in [0.05, 0.1) is 18.8 Å². The summed E-state index contributed by atoms with van der Waals surface area (Å²) in [6.45, 7) is 0.788. The van der Waals surface area contributed by atoms with Gasteiger partial charge in [-0.3, -0.25) is 4.98 Å². The lowest BCUT2D eigenvalue weighted by Crippen LogP contribution is -2.08. The zero-order chi connectivity index (χ0) is 17.1. The summed E-state index contributed by atoms with van der Waals surface area (Å²) in [5.74, 6) is 0.0760. The first-order valence-corrected chi connectivity index (χ1v) is 8.44. The van der Waals surface area contributed by atoms with Crippen molar-refractivity contribution >= 4 is 5.69 Å². The lowest BCUT2D eigenvalue weighted by Gasteiger charge is -2.15. The number of benzene rings is 2. The Hall–Kier alpha value is -2.85. The molecule has 4 heteroatoms. The Kier molecular flexibility index (Phi) is 5.54. The van der Waals surface area contributed by atoms with Crippen LogP contribution >= 0.6 is 0 Å². The number of rotatable bonds is 5. The maximum atomic E-state index is 9.79. The number of hydrogen-bond acceptors (Lipinski definition) is 4. The second kappa shape index (κ2) is 8.02. The molecule has 0 fully saturated rings. The van der Waals surface area contributed by atoms with Crippen molar-refractivity contribution in [2.75, 3.05) is 6.61 Å². The maximum Gasteiger partial charge on any atom is 0.0910 e. The van der Waals surface area contributed by atoms with Gasteiger partial charge in [-0.15, -0.1) is 0 Å². The van der Waals surface area contributed by atoms with E-state index in [0.717, 1.165) is 39.9 Å². The van der Waals surface area contributed by atoms with Gasteiger partial charge in [0, 0.05) is 29.4 Å². The molecule has 3 aromatic rings. The zero-order valence-corrected chi connectivity index (χ0v) is 13.8. The van der Waals surface area contributed by atoms with Crippen LogP contribution in [0.2, 0.25) is 0 Å². The first-order chi connectivity index (χ1) is 12.3. The van der Waals surface area contributed by atoms with Crippen molar-refractivity contribution in [3.63, 3.8) is 0 Å². The standard InChI is InChI=1S/C21H19N3O.CH4/c25-14-20(16-4-2-1-3-5-16)9-15-8-19(12-22-11-15)17-6-7-18-13-23-24-21(18)10-17;/h1-8,10-12,20,25H,9,13-14H2;1H4/t20-;/m0./s1. The summed E-state index contributed by atoms with van der Waals surface area (Å²) >= 11 is 0. The van der Waals surface area contributed by atoms with Crippen LogP contribution in [0.3, 0.4) is 0 Å². The van der Waals surface area contributed by atoms with E-state index in [-0.39, 0.29) is 20.0 Å². The van der Waals surface area contributed by atoms with Crippen molar-refractivity contribution in [2.45, 2.75) is 26.3 Å². The van der Waals surface area contributed by atoms with Gasteiger partial charge in [-0.05, 0) is 35.2 Å². The predicted octanol–water partition coefficient (Wildman–Crippen LogP) is 5.30. The fourth-order valence-electron chi connectivity index (χ4n) is 3.21. The molecule has 0 amide bonds. The van der Waals surface area contributed by atoms with Crippen LogP contribution in [0, 0.1) is 0 Å². The zero-order valence-electron chi connectivity index (χ0n) is 13.8. The Labute approximate surface area is 154 Å². The summed E-state index contributed by atoms with van der Waals surface area (Å²) in [4.78, 5) is 4.40. The van der Waals surface area contributed by atoms with E-state index in [1.54, 1.807) is 0 Å². The highest BCUT2D eigenvalue weighted by Crippen LogP contribution is 2.32. The second-order valence-corrected chi connectivity index (χ2v) is 6.32. The number of aliphatic hydroxyl groups excluding tert-OH is 1. The molecule has 1 aliphatic heterocycles. The van der Waals surface area contributed by atoms with Crippen molar-refractivity contribution < 1.29 is 5.11 Å². The number of pyridine rings is 1. The molecule has 4 nitrogen and oxygen atoms in total. The van der Waals surface area contributed by atoms with Gasteiger partial charge in [0.1, 0.15) is 0 Å². The molecule has 0 spiro atoms. The highest BCUT2D eigenvalue weighted by molar-refractivity contribution is 5.69. The van der Waals surface area contributed by atoms with E-state index in [9.17, 15) is 5.11 Å². The van der Waals surface area contributed by atoms with Crippen LogP contribution in [0.15, 0.2) is 77.2 Å². The topological polar surface area (TPSA) is 57.8 Å². The van der Waals surface area contributed by atoms with Crippen LogP contribution in [-0.4, -0.2) is 16.7 Å². The molecule has 0 bridgehead atoms. The molecular formula is C22H23N3O. The number of hydrogen-bond donors (Lipinski definition) is 1. The Morgan fingerprint density at radius 2 is 1.81 bits per heavy atom. The largest absolute Gasteiger partial charge is 0.396 e. The third-order valence-electron chi connectivity index (χ3n) is 4.61. The van der Waals surface area contributed by atoms with Crippen LogP contribution < -0.4 is 0 Å². The van der Waals surface area contributed by atoms with Crippen molar-refractivity contribution in [3.8, 4) is 11.1 Å². The Morgan fingerprint density at radius 1 is 0.962 bits per heavy atom. The summed E-state index contributed by atoms with van der Waals surface area (Å²) in [5.41, 5.74) is 6.52. The van der Waals surface area contributed by atoms with Gasteiger partial charge >= 0.3 is 0 Å². The molecule has 26 heavy (non-hydrogen) atoms. The fraction of sp³-hybridized carbons (Fsp3) is 0.227. The summed E-state index contributed by atoms with van der Waals surface area (Å²) in [6, 6.07) is 18.5. The summed E-state index contributed by atoms with van der Waals surface area (Å²) in [6.07, 6.45) is 4.50. The minimum absolute atomic E-state index is 0. The molecule has 1 N–H and O–H groups in total. The van der Waals surface area contributed by atoms with Crippen LogP contribution in [0.1, 0.15) is 30.0 Å². The Morgan fingerprint density at radius 3 is 2.62 bits per heavy atom. The lowest BCUT2D eigenvalue weighted by atomic mass is 9.92. The normalized spacial score (nSPS) is 13.1. The predicted molar refractivity (Wildman–Crippen MR) is 105 cm³/mol. The molecule has 2 aromatic carbocycles. The van der Waals surface area contributed by atoms with Gasteiger partial charge in [-0.25, -0.2) is 0 Å². The number of fused-ring (bicyclic) bond motifs is 1. The summed E-state index contributed by atoms with van der Waals surface area (Å²) < 4.78 is 0. The van der Waals surface area contributed by atoms with Crippen LogP contribution in [0.4, 0.5) is 5.69 Å². The quantitative estimate of drug-likeness (QED) is 0.682. The van der Waals surface area contributed by atoms with Crippen molar-refractivity contribution in [3.05, 3.63) is 83.7 Å². The van der Waals surface area contributed by atoms with E-state index in [1.807, 2.05) is 30.6 Å². The van der Waals surface area contributed by atoms with E-state index in [0.29, 0.717) is 6.54 Å². The maximum absolute atomic E-state index is 9.79. The molecule has 1 aromatic heterocycles. The first-order valence-electron chi connectivity index (χ1n) is 8.44. The number of aromatic nitrogens is 1. The molecule has 2 heterocycles. The molecule has 0 saturated heterocycles. The summed E-state index contributed by atoms with van der Waals surface area (Å²) in [7, 11) is 0. The van der Waals surface area contributed by atoms with Crippen LogP contribution in [0.25, 0.3) is 11.1 Å². The van der Waals surface area contributed by atoms with Crippen LogP contribution in [0.5, 0.6) is 0 Å². The van der Waals surface area contributed by atoms with E-state index in [4.69, 9.17) is 0 Å². The highest BCUT2D eigenvalue weighted by atomic mass is 16.3. The molecule has 132 valence electrons. The van der Waals surface area contributed by atoms with Gasteiger partial charge in [-0.1, -0.05) is 49.9 Å². The minimum Gasteiger partial charge on any atom is -0.396 e. The monoisotopic (exact) mass is 345 g/mol. The average molecular weight is 345 g/mol. The number of aliphatic hydroxyl groups is 1. The third kappa shape index (κ3) is 3.70. The van der Waals surface area contributed by atoms with Crippen molar-refractivity contribution in [2.24, 2.45) is 10.2 Å². The van der Waals surface area contributed by atoms with E-state index >= 15 is 0 Å². The van der Waals surface area contributed by atoms with Gasteiger partial charge in [0.15, 0.2) is 0 Å². The number of azo groups is 1. The molecule has 0 unspecified atom stereocenters. The number of nitrogens with zero attached hydrogens (tertiary/aromatic N) is 3. The molecule has 0 radical (unpaired) electrons. The first kappa shape index (κ1) is 18.0. The SMILES string of the molecule is C.OC[C@H](Cc1cncc(-c2ccc3c(c2)N=NC3)c1)c1ccccc1. The molecular weight excluding hydrogens is 322 g/mol. The molecule has 0 aliphatic carbocycles. The lowest BCUT2D eigenvalue weighted by molar-refractivity contribution is 0.264. The molecule has 1 aliphatic rings. The van der Waals surface area contributed by atoms with Crippen molar-refractivity contribution in [1.82, 2.24) is 4.98 Å². The van der Waals surface area contributed by atoms with E-state index in [1.165, 1.54) is 0 Å². The van der Waals surface area contributed by atoms with E-state index < -0.39 is 0 Å². The van der Waals surface area contributed by atoms with Gasteiger partial charge in [0.25, 0.3) is 0 Å².